The van der Waals surface area contributed by atoms with E-state index in [9.17, 15) is 9.59 Å². The van der Waals surface area contributed by atoms with Crippen LogP contribution in [-0.4, -0.2) is 30.9 Å². The molecule has 0 aliphatic heterocycles. The number of rotatable bonds is 12. The molecule has 142 valence electrons. The van der Waals surface area contributed by atoms with E-state index in [0.29, 0.717) is 38.8 Å². The monoisotopic (exact) mass is 361 g/mol. The summed E-state index contributed by atoms with van der Waals surface area (Å²) < 4.78 is 10.00. The zero-order chi connectivity index (χ0) is 18.6. The first-order chi connectivity index (χ1) is 12.7. The van der Waals surface area contributed by atoms with Gasteiger partial charge in [-0.2, -0.15) is 0 Å². The summed E-state index contributed by atoms with van der Waals surface area (Å²) in [5, 5.41) is 5.72. The van der Waals surface area contributed by atoms with E-state index >= 15 is 0 Å². The van der Waals surface area contributed by atoms with Gasteiger partial charge in [-0.1, -0.05) is 0 Å². The van der Waals surface area contributed by atoms with Crippen LogP contribution in [0.2, 0.25) is 0 Å². The fraction of sp³-hybridized carbons (Fsp3) is 0.474. The Balaban J connectivity index is 1.78. The molecule has 1 unspecified atom stereocenters. The van der Waals surface area contributed by atoms with Crippen molar-refractivity contribution in [2.45, 2.75) is 44.6 Å². The molecule has 0 fully saturated rings. The minimum atomic E-state index is -0.539. The summed E-state index contributed by atoms with van der Waals surface area (Å²) in [6.45, 7) is 1.07. The molecular formula is C19H27N3O4. The molecule has 2 aromatic rings. The third kappa shape index (κ3) is 7.14. The maximum absolute atomic E-state index is 12.4. The summed E-state index contributed by atoms with van der Waals surface area (Å²) in [6, 6.07) is 3.15. The number of hydrogen-bond donors (Lipinski definition) is 3. The molecule has 4 N–H and O–H groups in total. The van der Waals surface area contributed by atoms with Crippen LogP contribution in [0.3, 0.4) is 0 Å². The molecule has 26 heavy (non-hydrogen) atoms. The highest BCUT2D eigenvalue weighted by molar-refractivity contribution is 5.87. The van der Waals surface area contributed by atoms with Gasteiger partial charge in [0.05, 0.1) is 25.1 Å². The van der Waals surface area contributed by atoms with Crippen molar-refractivity contribution >= 4 is 11.8 Å². The average molecular weight is 361 g/mol. The van der Waals surface area contributed by atoms with Crippen molar-refractivity contribution in [1.82, 2.24) is 10.6 Å². The van der Waals surface area contributed by atoms with Crippen molar-refractivity contribution < 1.29 is 18.4 Å². The predicted molar refractivity (Wildman–Crippen MR) is 97.3 cm³/mol. The molecule has 2 amide bonds. The van der Waals surface area contributed by atoms with Gasteiger partial charge in [0.1, 0.15) is 6.04 Å². The van der Waals surface area contributed by atoms with Gasteiger partial charge in [-0.05, 0) is 61.9 Å². The van der Waals surface area contributed by atoms with Crippen LogP contribution in [-0.2, 0) is 22.4 Å². The van der Waals surface area contributed by atoms with Crippen molar-refractivity contribution in [3.05, 3.63) is 48.3 Å². The molecule has 0 saturated carbocycles. The highest BCUT2D eigenvalue weighted by Gasteiger charge is 2.20. The Bertz CT molecular complexity index is 638. The third-order valence-corrected chi connectivity index (χ3v) is 4.11. The van der Waals surface area contributed by atoms with Gasteiger partial charge >= 0.3 is 0 Å². The molecule has 1 atom stereocenters. The molecule has 0 radical (unpaired) electrons. The maximum atomic E-state index is 12.4. The fourth-order valence-electron chi connectivity index (χ4n) is 2.61. The average Bonchev–Trinajstić information content (AvgIpc) is 3.33. The number of furan rings is 2. The lowest BCUT2D eigenvalue weighted by molar-refractivity contribution is -0.129. The number of unbranched alkanes of at least 4 members (excludes halogenated alkanes) is 1. The summed E-state index contributed by atoms with van der Waals surface area (Å²) in [5.74, 6) is -0.309. The van der Waals surface area contributed by atoms with Crippen molar-refractivity contribution in [2.75, 3.05) is 13.1 Å². The Morgan fingerprint density at radius 1 is 1.04 bits per heavy atom. The SMILES string of the molecule is NCCCCC(NC(=O)CCc1ccoc1)C(=O)NCCc1ccoc1. The lowest BCUT2D eigenvalue weighted by atomic mass is 10.1. The van der Waals surface area contributed by atoms with Crippen molar-refractivity contribution in [3.8, 4) is 0 Å². The Kier molecular flexibility index (Phi) is 8.48. The smallest absolute Gasteiger partial charge is 0.242 e. The lowest BCUT2D eigenvalue weighted by Crippen LogP contribution is -2.47. The van der Waals surface area contributed by atoms with Crippen LogP contribution in [0, 0.1) is 0 Å². The lowest BCUT2D eigenvalue weighted by Gasteiger charge is -2.18. The van der Waals surface area contributed by atoms with Crippen LogP contribution in [0.25, 0.3) is 0 Å². The summed E-state index contributed by atoms with van der Waals surface area (Å²) in [5.41, 5.74) is 7.51. The quantitative estimate of drug-likeness (QED) is 0.499. The summed E-state index contributed by atoms with van der Waals surface area (Å²) >= 11 is 0. The second-order valence-electron chi connectivity index (χ2n) is 6.21. The predicted octanol–water partition coefficient (Wildman–Crippen LogP) is 1.78. The normalized spacial score (nSPS) is 11.9. The van der Waals surface area contributed by atoms with Gasteiger partial charge in [0.2, 0.25) is 11.8 Å². The number of aryl methyl sites for hydroxylation is 1. The Morgan fingerprint density at radius 3 is 2.35 bits per heavy atom. The van der Waals surface area contributed by atoms with Crippen LogP contribution in [0.5, 0.6) is 0 Å². The Morgan fingerprint density at radius 2 is 1.73 bits per heavy atom. The van der Waals surface area contributed by atoms with E-state index in [1.54, 1.807) is 25.1 Å². The minimum Gasteiger partial charge on any atom is -0.472 e. The fourth-order valence-corrected chi connectivity index (χ4v) is 2.61. The summed E-state index contributed by atoms with van der Waals surface area (Å²) in [4.78, 5) is 24.6. The van der Waals surface area contributed by atoms with Gasteiger partial charge in [-0.15, -0.1) is 0 Å². The molecule has 2 heterocycles. The summed E-state index contributed by atoms with van der Waals surface area (Å²) in [7, 11) is 0. The van der Waals surface area contributed by atoms with Crippen molar-refractivity contribution in [1.29, 1.82) is 0 Å². The Hall–Kier alpha value is -2.54. The molecule has 0 bridgehead atoms. The molecule has 2 aromatic heterocycles. The molecule has 0 spiro atoms. The minimum absolute atomic E-state index is 0.145. The van der Waals surface area contributed by atoms with E-state index in [0.717, 1.165) is 24.0 Å². The molecule has 0 saturated heterocycles. The van der Waals surface area contributed by atoms with Gasteiger partial charge in [0.25, 0.3) is 0 Å². The van der Waals surface area contributed by atoms with E-state index in [1.165, 1.54) is 0 Å². The number of carbonyl (C=O) groups is 2. The maximum Gasteiger partial charge on any atom is 0.242 e. The number of amides is 2. The number of carbonyl (C=O) groups excluding carboxylic acids is 2. The second-order valence-corrected chi connectivity index (χ2v) is 6.21. The Labute approximate surface area is 153 Å². The van der Waals surface area contributed by atoms with Gasteiger partial charge in [-0.25, -0.2) is 0 Å². The zero-order valence-corrected chi connectivity index (χ0v) is 14.9. The van der Waals surface area contributed by atoms with Gasteiger partial charge < -0.3 is 25.2 Å². The first-order valence-electron chi connectivity index (χ1n) is 8.98. The van der Waals surface area contributed by atoms with E-state index in [1.807, 2.05) is 12.1 Å². The van der Waals surface area contributed by atoms with Gasteiger partial charge in [0, 0.05) is 13.0 Å². The molecule has 2 rings (SSSR count). The first-order valence-corrected chi connectivity index (χ1v) is 8.98. The van der Waals surface area contributed by atoms with Crippen LogP contribution < -0.4 is 16.4 Å². The van der Waals surface area contributed by atoms with Crippen molar-refractivity contribution in [3.63, 3.8) is 0 Å². The molecular weight excluding hydrogens is 334 g/mol. The van der Waals surface area contributed by atoms with E-state index in [-0.39, 0.29) is 11.8 Å². The molecule has 7 heteroatoms. The van der Waals surface area contributed by atoms with Crippen LogP contribution in [0.15, 0.2) is 46.0 Å². The largest absolute Gasteiger partial charge is 0.472 e. The molecule has 0 aliphatic carbocycles. The van der Waals surface area contributed by atoms with Crippen LogP contribution in [0.4, 0.5) is 0 Å². The number of hydrogen-bond acceptors (Lipinski definition) is 5. The first kappa shape index (κ1) is 19.8. The van der Waals surface area contributed by atoms with E-state index < -0.39 is 6.04 Å². The summed E-state index contributed by atoms with van der Waals surface area (Å²) in [6.07, 6.45) is 10.2. The van der Waals surface area contributed by atoms with Crippen LogP contribution in [0.1, 0.15) is 36.8 Å². The third-order valence-electron chi connectivity index (χ3n) is 4.11. The van der Waals surface area contributed by atoms with Gasteiger partial charge in [-0.3, -0.25) is 9.59 Å². The highest BCUT2D eigenvalue weighted by atomic mass is 16.3. The van der Waals surface area contributed by atoms with Crippen molar-refractivity contribution in [2.24, 2.45) is 5.73 Å². The van der Waals surface area contributed by atoms with E-state index in [4.69, 9.17) is 14.6 Å². The zero-order valence-electron chi connectivity index (χ0n) is 14.9. The molecule has 0 aliphatic rings. The standard InChI is InChI=1S/C19H27N3O4/c20-9-2-1-3-17(19(24)21-10-6-16-8-12-26-14-16)22-18(23)5-4-15-7-11-25-13-15/h7-8,11-14,17H,1-6,9-10,20H2,(H,21,24)(H,22,23). The molecule has 0 aromatic carbocycles. The van der Waals surface area contributed by atoms with Gasteiger partial charge in [0.15, 0.2) is 0 Å². The number of nitrogens with one attached hydrogen (secondary N) is 2. The van der Waals surface area contributed by atoms with Crippen LogP contribution >= 0.6 is 0 Å². The second kappa shape index (κ2) is 11.1. The molecule has 7 nitrogen and oxygen atoms in total. The van der Waals surface area contributed by atoms with E-state index in [2.05, 4.69) is 10.6 Å². The number of nitrogens with two attached hydrogens (primary N) is 1. The highest BCUT2D eigenvalue weighted by Crippen LogP contribution is 2.06. The topological polar surface area (TPSA) is 110 Å².